The number of carbonyl (C=O) groups is 1. The van der Waals surface area contributed by atoms with E-state index in [9.17, 15) is 4.79 Å². The van der Waals surface area contributed by atoms with Crippen molar-refractivity contribution in [2.45, 2.75) is 6.92 Å². The zero-order valence-corrected chi connectivity index (χ0v) is 10.4. The maximum Gasteiger partial charge on any atom is 0.244 e. The van der Waals surface area contributed by atoms with Crippen molar-refractivity contribution in [3.8, 4) is 5.75 Å². The molecular weight excluding hydrogens is 228 g/mol. The molecule has 4 nitrogen and oxygen atoms in total. The Kier molecular flexibility index (Phi) is 6.11. The number of allylic oxidation sites excluding steroid dienone is 3. The highest BCUT2D eigenvalue weighted by Crippen LogP contribution is 2.12. The van der Waals surface area contributed by atoms with E-state index in [0.29, 0.717) is 18.8 Å². The summed E-state index contributed by atoms with van der Waals surface area (Å²) in [5, 5.41) is 2.71. The molecule has 0 bridgehead atoms. The zero-order chi connectivity index (χ0) is 13.2. The first-order valence-corrected chi connectivity index (χ1v) is 5.78. The minimum atomic E-state index is -0.131. The van der Waals surface area contributed by atoms with E-state index in [1.807, 2.05) is 13.0 Å². The van der Waals surface area contributed by atoms with Crippen LogP contribution in [0.25, 0.3) is 0 Å². The summed E-state index contributed by atoms with van der Waals surface area (Å²) in [6.07, 6.45) is 6.82. The van der Waals surface area contributed by atoms with E-state index in [1.54, 1.807) is 36.4 Å². The first-order chi connectivity index (χ1) is 8.72. The molecule has 1 amide bonds. The van der Waals surface area contributed by atoms with Gasteiger partial charge in [-0.1, -0.05) is 18.2 Å². The van der Waals surface area contributed by atoms with Crippen molar-refractivity contribution >= 4 is 11.6 Å². The van der Waals surface area contributed by atoms with Crippen LogP contribution in [0, 0.1) is 0 Å². The normalized spacial score (nSPS) is 10.9. The Bertz CT molecular complexity index is 422. The molecule has 4 heteroatoms. The van der Waals surface area contributed by atoms with Crippen LogP contribution in [-0.2, 0) is 4.79 Å². The smallest absolute Gasteiger partial charge is 0.244 e. The molecule has 0 spiro atoms. The van der Waals surface area contributed by atoms with Gasteiger partial charge in [0.1, 0.15) is 12.4 Å². The molecule has 0 saturated carbocycles. The first kappa shape index (κ1) is 13.8. The summed E-state index contributed by atoms with van der Waals surface area (Å²) in [7, 11) is 0. The van der Waals surface area contributed by atoms with Crippen LogP contribution >= 0.6 is 0 Å². The van der Waals surface area contributed by atoms with E-state index in [2.05, 4.69) is 5.32 Å². The lowest BCUT2D eigenvalue weighted by molar-refractivity contribution is -0.116. The number of carbonyl (C=O) groups excluding carboxylic acids is 1. The Morgan fingerprint density at radius 2 is 2.06 bits per heavy atom. The van der Waals surface area contributed by atoms with E-state index in [-0.39, 0.29) is 5.91 Å². The van der Waals surface area contributed by atoms with Gasteiger partial charge in [0.15, 0.2) is 0 Å². The molecule has 0 unspecified atom stereocenters. The molecule has 1 aromatic rings. The minimum Gasteiger partial charge on any atom is -0.492 e. The van der Waals surface area contributed by atoms with Crippen molar-refractivity contribution in [2.24, 2.45) is 0 Å². The molecule has 0 radical (unpaired) electrons. The number of ether oxygens (including phenoxy) is 1. The van der Waals surface area contributed by atoms with Crippen LogP contribution in [0.4, 0.5) is 5.69 Å². The first-order valence-electron chi connectivity index (χ1n) is 5.78. The van der Waals surface area contributed by atoms with E-state index in [4.69, 9.17) is 10.5 Å². The number of nitrogen functional groups attached to an aromatic ring is 1. The Morgan fingerprint density at radius 3 is 2.72 bits per heavy atom. The van der Waals surface area contributed by atoms with Gasteiger partial charge in [-0.25, -0.2) is 0 Å². The summed E-state index contributed by atoms with van der Waals surface area (Å²) >= 11 is 0. The van der Waals surface area contributed by atoms with Crippen molar-refractivity contribution in [1.82, 2.24) is 5.32 Å². The van der Waals surface area contributed by atoms with E-state index >= 15 is 0 Å². The number of anilines is 1. The highest BCUT2D eigenvalue weighted by atomic mass is 16.5. The lowest BCUT2D eigenvalue weighted by Crippen LogP contribution is -2.26. The lowest BCUT2D eigenvalue weighted by atomic mass is 10.3. The molecule has 0 saturated heterocycles. The van der Waals surface area contributed by atoms with Gasteiger partial charge < -0.3 is 15.8 Å². The van der Waals surface area contributed by atoms with Gasteiger partial charge in [-0.05, 0) is 31.2 Å². The topological polar surface area (TPSA) is 64.3 Å². The van der Waals surface area contributed by atoms with Crippen LogP contribution in [0.1, 0.15) is 6.92 Å². The average molecular weight is 246 g/mol. The second-order valence-electron chi connectivity index (χ2n) is 3.59. The molecule has 0 heterocycles. The minimum absolute atomic E-state index is 0.131. The average Bonchev–Trinajstić information content (AvgIpc) is 2.37. The molecule has 1 rings (SSSR count). The molecule has 18 heavy (non-hydrogen) atoms. The van der Waals surface area contributed by atoms with Gasteiger partial charge in [0.05, 0.1) is 6.54 Å². The molecule has 1 aromatic carbocycles. The predicted molar refractivity (Wildman–Crippen MR) is 73.3 cm³/mol. The Labute approximate surface area is 107 Å². The lowest BCUT2D eigenvalue weighted by Gasteiger charge is -2.06. The molecule has 0 atom stereocenters. The second kappa shape index (κ2) is 7.95. The maximum atomic E-state index is 11.3. The van der Waals surface area contributed by atoms with Crippen LogP contribution in [0.2, 0.25) is 0 Å². The molecule has 0 aliphatic heterocycles. The molecule has 96 valence electrons. The predicted octanol–water partition coefficient (Wildman–Crippen LogP) is 1.90. The number of amides is 1. The maximum absolute atomic E-state index is 11.3. The van der Waals surface area contributed by atoms with Gasteiger partial charge in [-0.3, -0.25) is 4.79 Å². The van der Waals surface area contributed by atoms with Crippen LogP contribution in [-0.4, -0.2) is 19.1 Å². The summed E-state index contributed by atoms with van der Waals surface area (Å²) in [6, 6.07) is 7.13. The van der Waals surface area contributed by atoms with Gasteiger partial charge in [0.2, 0.25) is 5.91 Å². The van der Waals surface area contributed by atoms with Crippen molar-refractivity contribution in [3.63, 3.8) is 0 Å². The molecular formula is C14H18N2O2. The van der Waals surface area contributed by atoms with Crippen LogP contribution in [0.15, 0.2) is 48.6 Å². The Morgan fingerprint density at radius 1 is 1.33 bits per heavy atom. The summed E-state index contributed by atoms with van der Waals surface area (Å²) in [6.45, 7) is 2.78. The second-order valence-corrected chi connectivity index (χ2v) is 3.59. The number of rotatable bonds is 6. The molecule has 0 fully saturated rings. The van der Waals surface area contributed by atoms with Crippen molar-refractivity contribution < 1.29 is 9.53 Å². The number of nitrogens with one attached hydrogen (secondary N) is 1. The quantitative estimate of drug-likeness (QED) is 0.349. The van der Waals surface area contributed by atoms with Crippen molar-refractivity contribution in [3.05, 3.63) is 48.6 Å². The summed E-state index contributed by atoms with van der Waals surface area (Å²) in [5.41, 5.74) is 6.25. The highest BCUT2D eigenvalue weighted by Gasteiger charge is 1.95. The number of nitrogens with two attached hydrogens (primary N) is 1. The summed E-state index contributed by atoms with van der Waals surface area (Å²) < 4.78 is 5.43. The van der Waals surface area contributed by atoms with E-state index in [0.717, 1.165) is 5.75 Å². The fourth-order valence-electron chi connectivity index (χ4n) is 1.22. The van der Waals surface area contributed by atoms with Gasteiger partial charge in [0, 0.05) is 11.8 Å². The fraction of sp³-hybridized carbons (Fsp3) is 0.214. The third-order valence-electron chi connectivity index (χ3n) is 2.10. The fourth-order valence-corrected chi connectivity index (χ4v) is 1.22. The zero-order valence-electron chi connectivity index (χ0n) is 10.4. The van der Waals surface area contributed by atoms with Crippen molar-refractivity contribution in [2.75, 3.05) is 18.9 Å². The summed E-state index contributed by atoms with van der Waals surface area (Å²) in [4.78, 5) is 11.3. The molecule has 0 aromatic heterocycles. The van der Waals surface area contributed by atoms with Crippen LogP contribution in [0.5, 0.6) is 5.75 Å². The van der Waals surface area contributed by atoms with Crippen molar-refractivity contribution in [1.29, 1.82) is 0 Å². The largest absolute Gasteiger partial charge is 0.492 e. The van der Waals surface area contributed by atoms with Gasteiger partial charge in [-0.2, -0.15) is 0 Å². The number of hydrogen-bond donors (Lipinski definition) is 2. The summed E-state index contributed by atoms with van der Waals surface area (Å²) in [5.74, 6) is 0.608. The Balaban J connectivity index is 2.18. The van der Waals surface area contributed by atoms with Gasteiger partial charge in [-0.15, -0.1) is 0 Å². The highest BCUT2D eigenvalue weighted by molar-refractivity contribution is 5.87. The van der Waals surface area contributed by atoms with Gasteiger partial charge >= 0.3 is 0 Å². The van der Waals surface area contributed by atoms with Crippen LogP contribution in [0.3, 0.4) is 0 Å². The van der Waals surface area contributed by atoms with E-state index in [1.165, 1.54) is 6.08 Å². The number of benzene rings is 1. The van der Waals surface area contributed by atoms with Crippen LogP contribution < -0.4 is 15.8 Å². The third-order valence-corrected chi connectivity index (χ3v) is 2.10. The van der Waals surface area contributed by atoms with E-state index < -0.39 is 0 Å². The molecule has 0 aliphatic carbocycles. The molecule has 0 aliphatic rings. The monoisotopic (exact) mass is 246 g/mol. The Hall–Kier alpha value is -2.23. The SMILES string of the molecule is CC=CC=CC(=O)NCCOc1ccc(N)cc1. The number of hydrogen-bond acceptors (Lipinski definition) is 3. The standard InChI is InChI=1S/C14H18N2O2/c1-2-3-4-5-14(17)16-10-11-18-13-8-6-12(15)7-9-13/h2-9H,10-11,15H2,1H3,(H,16,17). The third kappa shape index (κ3) is 5.75. The van der Waals surface area contributed by atoms with Gasteiger partial charge in [0.25, 0.3) is 0 Å². The molecule has 3 N–H and O–H groups in total.